The van der Waals surface area contributed by atoms with Gasteiger partial charge in [0.15, 0.2) is 11.3 Å². The van der Waals surface area contributed by atoms with Crippen molar-refractivity contribution in [1.29, 1.82) is 0 Å². The highest BCUT2D eigenvalue weighted by Crippen LogP contribution is 2.44. The van der Waals surface area contributed by atoms with Crippen molar-refractivity contribution in [2.24, 2.45) is 11.3 Å². The first kappa shape index (κ1) is 30.2. The van der Waals surface area contributed by atoms with Crippen LogP contribution in [0.2, 0.25) is 0 Å². The number of aromatic nitrogens is 8. The van der Waals surface area contributed by atoms with Crippen LogP contribution in [0.1, 0.15) is 84.3 Å². The molecule has 2 N–H and O–H groups in total. The number of rotatable bonds is 9. The Kier molecular flexibility index (Phi) is 7.26. The SMILES string of the molecule is O=C(N[C@H](c1cn2ncc(C[C@@]3(Cn4ccnn4)C[C@@H](C(F)(F)F)NC3=O)cc2n1)C1CCC(F)(F)CC1)c1nonc1C1CC1. The average Bonchev–Trinajstić information content (AvgIpc) is 3.37. The average molecular weight is 649 g/mol. The highest BCUT2D eigenvalue weighted by molar-refractivity contribution is 5.93. The first-order chi connectivity index (χ1) is 21.9. The van der Waals surface area contributed by atoms with Crippen LogP contribution in [0.4, 0.5) is 22.0 Å². The van der Waals surface area contributed by atoms with Crippen molar-refractivity contribution >= 4 is 17.5 Å². The third-order valence-electron chi connectivity index (χ3n) is 9.18. The second kappa shape index (κ2) is 11.1. The molecule has 3 aliphatic rings. The van der Waals surface area contributed by atoms with Gasteiger partial charge in [-0.1, -0.05) is 10.4 Å². The lowest BCUT2D eigenvalue weighted by Gasteiger charge is -2.33. The summed E-state index contributed by atoms with van der Waals surface area (Å²) < 4.78 is 76.7. The summed E-state index contributed by atoms with van der Waals surface area (Å²) >= 11 is 0. The molecule has 4 aromatic heterocycles. The van der Waals surface area contributed by atoms with Gasteiger partial charge < -0.3 is 10.6 Å². The summed E-state index contributed by atoms with van der Waals surface area (Å²) in [4.78, 5) is 31.1. The Hall–Kier alpha value is -4.51. The largest absolute Gasteiger partial charge is 0.408 e. The molecule has 3 atom stereocenters. The number of carbonyl (C=O) groups is 2. The molecule has 244 valence electrons. The Morgan fingerprint density at radius 1 is 1.17 bits per heavy atom. The van der Waals surface area contributed by atoms with E-state index in [1.165, 1.54) is 27.8 Å². The van der Waals surface area contributed by atoms with E-state index in [4.69, 9.17) is 4.63 Å². The molecule has 5 heterocycles. The van der Waals surface area contributed by atoms with Crippen LogP contribution in [0.5, 0.6) is 0 Å². The van der Waals surface area contributed by atoms with E-state index in [0.29, 0.717) is 22.6 Å². The lowest BCUT2D eigenvalue weighted by atomic mass is 9.79. The molecule has 0 spiro atoms. The molecule has 46 heavy (non-hydrogen) atoms. The smallest absolute Gasteiger partial charge is 0.344 e. The molecule has 0 bridgehead atoms. The number of halogens is 5. The van der Waals surface area contributed by atoms with Crippen LogP contribution in [-0.2, 0) is 17.8 Å². The van der Waals surface area contributed by atoms with Gasteiger partial charge in [0.2, 0.25) is 11.8 Å². The van der Waals surface area contributed by atoms with Gasteiger partial charge >= 0.3 is 6.18 Å². The number of hydrogen-bond donors (Lipinski definition) is 2. The summed E-state index contributed by atoms with van der Waals surface area (Å²) in [5.41, 5.74) is 0.113. The minimum atomic E-state index is -4.63. The van der Waals surface area contributed by atoms with E-state index in [-0.39, 0.29) is 56.2 Å². The van der Waals surface area contributed by atoms with Crippen LogP contribution in [0, 0.1) is 11.3 Å². The highest BCUT2D eigenvalue weighted by atomic mass is 19.4. The molecule has 2 saturated carbocycles. The van der Waals surface area contributed by atoms with Gasteiger partial charge in [-0.15, -0.1) is 5.10 Å². The Morgan fingerprint density at radius 2 is 1.96 bits per heavy atom. The van der Waals surface area contributed by atoms with Crippen LogP contribution in [-0.4, -0.2) is 69.9 Å². The summed E-state index contributed by atoms with van der Waals surface area (Å²) in [6.45, 7) is -0.142. The summed E-state index contributed by atoms with van der Waals surface area (Å²) in [6.07, 6.45) is 1.91. The Labute approximate surface area is 257 Å². The number of carbonyl (C=O) groups excluding carboxylic acids is 2. The first-order valence-corrected chi connectivity index (χ1v) is 15.0. The number of alkyl halides is 5. The van der Waals surface area contributed by atoms with Crippen LogP contribution in [0.3, 0.4) is 0 Å². The first-order valence-electron chi connectivity index (χ1n) is 15.0. The molecular formula is C28H29F5N10O3. The molecule has 4 aromatic rings. The van der Waals surface area contributed by atoms with Crippen LogP contribution >= 0.6 is 0 Å². The van der Waals surface area contributed by atoms with Gasteiger partial charge in [0.1, 0.15) is 11.7 Å². The normalized spacial score (nSPS) is 24.3. The van der Waals surface area contributed by atoms with Crippen molar-refractivity contribution in [2.45, 2.75) is 88.0 Å². The molecule has 18 heteroatoms. The molecule has 2 aliphatic carbocycles. The molecule has 0 aromatic carbocycles. The standard InChI is InChI=1S/C28H29F5N10O3/c29-27(30)5-3-17(4-6-27)21(38-24(44)23-22(16-1-2-16)39-46-40-23)18-13-43-20(36-18)9-15(12-35-43)10-26(14-42-8-7-34-41-42)11-19(28(31,32)33)37-25(26)45/h7-9,12-13,16-17,19,21H,1-6,10-11,14H2,(H,37,45)(H,38,44)/t19-,21-,26-/m0/s1. The van der Waals surface area contributed by atoms with E-state index < -0.39 is 47.8 Å². The molecule has 7 rings (SSSR count). The predicted molar refractivity (Wildman–Crippen MR) is 145 cm³/mol. The zero-order valence-corrected chi connectivity index (χ0v) is 24.3. The predicted octanol–water partition coefficient (Wildman–Crippen LogP) is 3.56. The van der Waals surface area contributed by atoms with E-state index in [1.54, 1.807) is 12.3 Å². The number of hydrogen-bond acceptors (Lipinski definition) is 9. The maximum Gasteiger partial charge on any atom is 0.408 e. The Balaban J connectivity index is 1.18. The number of nitrogens with zero attached hydrogens (tertiary/aromatic N) is 8. The van der Waals surface area contributed by atoms with Gasteiger partial charge in [-0.05, 0) is 61.2 Å². The van der Waals surface area contributed by atoms with E-state index in [2.05, 4.69) is 41.3 Å². The quantitative estimate of drug-likeness (QED) is 0.259. The topological polar surface area (TPSA) is 158 Å². The molecule has 13 nitrogen and oxygen atoms in total. The summed E-state index contributed by atoms with van der Waals surface area (Å²) in [6, 6.07) is -1.19. The van der Waals surface area contributed by atoms with E-state index >= 15 is 0 Å². The molecule has 1 aliphatic heterocycles. The van der Waals surface area contributed by atoms with Gasteiger partial charge in [0, 0.05) is 25.0 Å². The monoisotopic (exact) mass is 648 g/mol. The van der Waals surface area contributed by atoms with E-state index in [9.17, 15) is 31.5 Å². The van der Waals surface area contributed by atoms with Crippen LogP contribution in [0.15, 0.2) is 35.5 Å². The summed E-state index contributed by atoms with van der Waals surface area (Å²) in [5.74, 6) is -4.41. The molecule has 1 saturated heterocycles. The van der Waals surface area contributed by atoms with Crippen molar-refractivity contribution < 1.29 is 36.2 Å². The van der Waals surface area contributed by atoms with Crippen LogP contribution < -0.4 is 10.6 Å². The number of fused-ring (bicyclic) bond motifs is 1. The maximum absolute atomic E-state index is 14.1. The Bertz CT molecular complexity index is 1740. The van der Waals surface area contributed by atoms with Gasteiger partial charge in [0.05, 0.1) is 42.3 Å². The number of imidazole rings is 1. The van der Waals surface area contributed by atoms with Crippen molar-refractivity contribution in [3.63, 3.8) is 0 Å². The third kappa shape index (κ3) is 5.91. The second-order valence-corrected chi connectivity index (χ2v) is 12.6. The fraction of sp³-hybridized carbons (Fsp3) is 0.571. The second-order valence-electron chi connectivity index (χ2n) is 12.6. The van der Waals surface area contributed by atoms with Gasteiger partial charge in [0.25, 0.3) is 5.91 Å². The molecule has 0 unspecified atom stereocenters. The molecule has 2 amide bonds. The van der Waals surface area contributed by atoms with E-state index in [0.717, 1.165) is 12.8 Å². The van der Waals surface area contributed by atoms with Crippen molar-refractivity contribution in [1.82, 2.24) is 50.5 Å². The Morgan fingerprint density at radius 3 is 2.63 bits per heavy atom. The van der Waals surface area contributed by atoms with Gasteiger partial charge in [-0.25, -0.2) is 22.9 Å². The molecule has 0 radical (unpaired) electrons. The number of nitrogens with one attached hydrogen (secondary N) is 2. The number of amides is 2. The zero-order valence-electron chi connectivity index (χ0n) is 24.3. The molecule has 3 fully saturated rings. The fourth-order valence-electron chi connectivity index (χ4n) is 6.60. The van der Waals surface area contributed by atoms with Gasteiger partial charge in [-0.3, -0.25) is 14.3 Å². The van der Waals surface area contributed by atoms with Crippen LogP contribution in [0.25, 0.3) is 5.65 Å². The van der Waals surface area contributed by atoms with Crippen molar-refractivity contribution in [3.8, 4) is 0 Å². The third-order valence-corrected chi connectivity index (χ3v) is 9.18. The van der Waals surface area contributed by atoms with Gasteiger partial charge in [-0.2, -0.15) is 18.3 Å². The van der Waals surface area contributed by atoms with E-state index in [1.807, 2.05) is 0 Å². The summed E-state index contributed by atoms with van der Waals surface area (Å²) in [5, 5.41) is 24.6. The zero-order chi connectivity index (χ0) is 32.3. The van der Waals surface area contributed by atoms with Crippen molar-refractivity contribution in [2.75, 3.05) is 0 Å². The fourth-order valence-corrected chi connectivity index (χ4v) is 6.60. The minimum Gasteiger partial charge on any atom is -0.344 e. The minimum absolute atomic E-state index is 0.0440. The lowest BCUT2D eigenvalue weighted by molar-refractivity contribution is -0.155. The summed E-state index contributed by atoms with van der Waals surface area (Å²) in [7, 11) is 0. The highest BCUT2D eigenvalue weighted by Gasteiger charge is 2.56. The van der Waals surface area contributed by atoms with Crippen molar-refractivity contribution in [3.05, 3.63) is 53.5 Å². The lowest BCUT2D eigenvalue weighted by Crippen LogP contribution is -2.40. The molecular weight excluding hydrogens is 619 g/mol. The maximum atomic E-state index is 14.1.